The van der Waals surface area contributed by atoms with Gasteiger partial charge in [-0.25, -0.2) is 0 Å². The molecule has 1 N–H and O–H groups in total. The molecule has 1 atom stereocenters. The highest BCUT2D eigenvalue weighted by Gasteiger charge is 2.18. The maximum absolute atomic E-state index is 3.49. The number of aryl methyl sites for hydroxylation is 1. The largest absolute Gasteiger partial charge is 0.312 e. The molecule has 1 saturated carbocycles. The molecule has 1 aromatic carbocycles. The first-order chi connectivity index (χ1) is 9.33. The summed E-state index contributed by atoms with van der Waals surface area (Å²) in [6.07, 6.45) is 8.15. The van der Waals surface area contributed by atoms with E-state index >= 15 is 0 Å². The predicted octanol–water partition coefficient (Wildman–Crippen LogP) is 4.58. The average molecular weight is 277 g/mol. The summed E-state index contributed by atoms with van der Waals surface area (Å²) in [5.74, 6) is 1.21. The molecule has 2 heteroatoms. The summed E-state index contributed by atoms with van der Waals surface area (Å²) < 4.78 is 0. The molecule has 0 amide bonds. The van der Waals surface area contributed by atoms with Crippen molar-refractivity contribution in [3.63, 3.8) is 0 Å². The second-order valence-electron chi connectivity index (χ2n) is 5.58. The van der Waals surface area contributed by atoms with E-state index in [0.717, 1.165) is 5.25 Å². The molecule has 0 aliphatic heterocycles. The Morgan fingerprint density at radius 2 is 2.11 bits per heavy atom. The smallest absolute Gasteiger partial charge is 0.0409 e. The molecule has 0 radical (unpaired) electrons. The van der Waals surface area contributed by atoms with Gasteiger partial charge in [-0.3, -0.25) is 0 Å². The van der Waals surface area contributed by atoms with Crippen LogP contribution in [0, 0.1) is 0 Å². The predicted molar refractivity (Wildman–Crippen MR) is 87.0 cm³/mol. The Hall–Kier alpha value is -0.470. The van der Waals surface area contributed by atoms with E-state index in [-0.39, 0.29) is 0 Å². The van der Waals surface area contributed by atoms with Gasteiger partial charge in [0.1, 0.15) is 0 Å². The van der Waals surface area contributed by atoms with Crippen LogP contribution in [0.25, 0.3) is 0 Å². The van der Waals surface area contributed by atoms with Gasteiger partial charge in [0.15, 0.2) is 0 Å². The van der Waals surface area contributed by atoms with Crippen molar-refractivity contribution in [3.8, 4) is 0 Å². The minimum absolute atomic E-state index is 0.502. The second kappa shape index (κ2) is 7.96. The van der Waals surface area contributed by atoms with E-state index < -0.39 is 0 Å². The van der Waals surface area contributed by atoms with Gasteiger partial charge in [0.25, 0.3) is 0 Å². The van der Waals surface area contributed by atoms with Crippen molar-refractivity contribution in [1.29, 1.82) is 0 Å². The van der Waals surface area contributed by atoms with Gasteiger partial charge in [0, 0.05) is 17.0 Å². The molecule has 0 spiro atoms. The number of benzene rings is 1. The van der Waals surface area contributed by atoms with Crippen molar-refractivity contribution in [1.82, 2.24) is 5.32 Å². The summed E-state index contributed by atoms with van der Waals surface area (Å²) in [6, 6.07) is 9.63. The fourth-order valence-corrected chi connectivity index (χ4v) is 4.38. The molecule has 0 aromatic heterocycles. The molecule has 1 nitrogen and oxygen atoms in total. The lowest BCUT2D eigenvalue weighted by molar-refractivity contribution is 0.658. The van der Waals surface area contributed by atoms with E-state index in [4.69, 9.17) is 0 Å². The van der Waals surface area contributed by atoms with Crippen LogP contribution in [0.1, 0.15) is 56.2 Å². The monoisotopic (exact) mass is 277 g/mol. The maximum Gasteiger partial charge on any atom is 0.0409 e. The number of rotatable bonds is 7. The minimum atomic E-state index is 0.502. The molecule has 1 fully saturated rings. The molecular weight excluding hydrogens is 250 g/mol. The Bertz CT molecular complexity index is 371. The molecule has 0 heterocycles. The highest BCUT2D eigenvalue weighted by molar-refractivity contribution is 7.99. The van der Waals surface area contributed by atoms with Gasteiger partial charge >= 0.3 is 0 Å². The molecule has 106 valence electrons. The van der Waals surface area contributed by atoms with Gasteiger partial charge in [-0.05, 0) is 37.4 Å². The van der Waals surface area contributed by atoms with Crippen molar-refractivity contribution in [2.45, 2.75) is 56.7 Å². The Balaban J connectivity index is 1.93. The van der Waals surface area contributed by atoms with E-state index in [1.165, 1.54) is 55.4 Å². The van der Waals surface area contributed by atoms with Crippen LogP contribution in [0.4, 0.5) is 0 Å². The molecule has 2 rings (SSSR count). The second-order valence-corrected chi connectivity index (χ2v) is 6.91. The third-order valence-electron chi connectivity index (χ3n) is 4.04. The van der Waals surface area contributed by atoms with Gasteiger partial charge in [0.05, 0.1) is 0 Å². The Morgan fingerprint density at radius 1 is 1.32 bits per heavy atom. The zero-order valence-corrected chi connectivity index (χ0v) is 13.1. The number of thioether (sulfide) groups is 1. The van der Waals surface area contributed by atoms with Crippen LogP contribution >= 0.6 is 11.8 Å². The SMILES string of the molecule is CCCc1cccc(C(CSC2CCCC2)NC)c1. The summed E-state index contributed by atoms with van der Waals surface area (Å²) in [7, 11) is 2.09. The topological polar surface area (TPSA) is 12.0 Å². The van der Waals surface area contributed by atoms with Crippen LogP contribution in [0.15, 0.2) is 24.3 Å². The van der Waals surface area contributed by atoms with Crippen LogP contribution in [0.2, 0.25) is 0 Å². The Labute approximate surface area is 122 Å². The van der Waals surface area contributed by atoms with Crippen LogP contribution in [0.5, 0.6) is 0 Å². The minimum Gasteiger partial charge on any atom is -0.312 e. The van der Waals surface area contributed by atoms with E-state index in [1.807, 2.05) is 0 Å². The van der Waals surface area contributed by atoms with Crippen LogP contribution in [0.3, 0.4) is 0 Å². The summed E-state index contributed by atoms with van der Waals surface area (Å²) in [5.41, 5.74) is 2.94. The van der Waals surface area contributed by atoms with Crippen LogP contribution in [-0.4, -0.2) is 18.1 Å². The maximum atomic E-state index is 3.49. The molecule has 1 aliphatic carbocycles. The fourth-order valence-electron chi connectivity index (χ4n) is 2.89. The van der Waals surface area contributed by atoms with E-state index in [1.54, 1.807) is 0 Å². The lowest BCUT2D eigenvalue weighted by Gasteiger charge is -2.19. The molecule has 0 bridgehead atoms. The first kappa shape index (κ1) is 14.9. The average Bonchev–Trinajstić information content (AvgIpc) is 2.94. The van der Waals surface area contributed by atoms with Gasteiger partial charge in [-0.15, -0.1) is 0 Å². The van der Waals surface area contributed by atoms with Gasteiger partial charge < -0.3 is 5.32 Å². The number of hydrogen-bond donors (Lipinski definition) is 1. The quantitative estimate of drug-likeness (QED) is 0.783. The Kier molecular flexibility index (Phi) is 6.25. The van der Waals surface area contributed by atoms with Crippen molar-refractivity contribution < 1.29 is 0 Å². The third-order valence-corrected chi connectivity index (χ3v) is 5.51. The van der Waals surface area contributed by atoms with Crippen molar-refractivity contribution in [2.75, 3.05) is 12.8 Å². The lowest BCUT2D eigenvalue weighted by atomic mass is 10.0. The van der Waals surface area contributed by atoms with Gasteiger partial charge in [-0.1, -0.05) is 50.5 Å². The normalized spacial score (nSPS) is 17.8. The Morgan fingerprint density at radius 3 is 2.79 bits per heavy atom. The fraction of sp³-hybridized carbons (Fsp3) is 0.647. The lowest BCUT2D eigenvalue weighted by Crippen LogP contribution is -2.20. The first-order valence-electron chi connectivity index (χ1n) is 7.71. The van der Waals surface area contributed by atoms with Crippen LogP contribution in [-0.2, 0) is 6.42 Å². The van der Waals surface area contributed by atoms with E-state index in [0.29, 0.717) is 6.04 Å². The molecule has 0 saturated heterocycles. The van der Waals surface area contributed by atoms with Gasteiger partial charge in [-0.2, -0.15) is 11.8 Å². The molecule has 1 aromatic rings. The first-order valence-corrected chi connectivity index (χ1v) is 8.76. The van der Waals surface area contributed by atoms with Crippen molar-refractivity contribution in [2.24, 2.45) is 0 Å². The molecule has 1 aliphatic rings. The number of hydrogen-bond acceptors (Lipinski definition) is 2. The highest BCUT2D eigenvalue weighted by Crippen LogP contribution is 2.32. The molecule has 19 heavy (non-hydrogen) atoms. The summed E-state index contributed by atoms with van der Waals surface area (Å²) >= 11 is 2.17. The van der Waals surface area contributed by atoms with E-state index in [9.17, 15) is 0 Å². The molecule has 1 unspecified atom stereocenters. The number of nitrogens with one attached hydrogen (secondary N) is 1. The summed E-state index contributed by atoms with van der Waals surface area (Å²) in [5, 5.41) is 4.40. The van der Waals surface area contributed by atoms with Crippen LogP contribution < -0.4 is 5.32 Å². The zero-order chi connectivity index (χ0) is 13.5. The van der Waals surface area contributed by atoms with Gasteiger partial charge in [0.2, 0.25) is 0 Å². The summed E-state index contributed by atoms with van der Waals surface area (Å²) in [6.45, 7) is 2.25. The van der Waals surface area contributed by atoms with Crippen molar-refractivity contribution in [3.05, 3.63) is 35.4 Å². The highest BCUT2D eigenvalue weighted by atomic mass is 32.2. The van der Waals surface area contributed by atoms with Crippen molar-refractivity contribution >= 4 is 11.8 Å². The third kappa shape index (κ3) is 4.54. The van der Waals surface area contributed by atoms with E-state index in [2.05, 4.69) is 55.3 Å². The zero-order valence-electron chi connectivity index (χ0n) is 12.3. The standard InChI is InChI=1S/C17H27NS/c1-3-7-14-8-6-9-15(12-14)17(18-2)13-19-16-10-4-5-11-16/h6,8-9,12,16-18H,3-5,7,10-11,13H2,1-2H3. The summed E-state index contributed by atoms with van der Waals surface area (Å²) in [4.78, 5) is 0. The molecular formula is C17H27NS.